The SMILES string of the molecule is CCCC(=O)O.CCCC(=O)OC(C)(C)C.Cc1cc2nc3c(=O)[nH]c(=O)nc-3n(CC=O)c2cc1C.Cc1cc2nc3c(=O)[nH]c(=O)nc-3n(CCN(C)CC(=O)O)c2cc1C. The highest BCUT2D eigenvalue weighted by atomic mass is 16.6. The molecule has 0 radical (unpaired) electrons. The number of fused-ring (bicyclic) bond motifs is 4. The van der Waals surface area contributed by atoms with E-state index in [2.05, 4.69) is 29.9 Å². The van der Waals surface area contributed by atoms with E-state index < -0.39 is 34.4 Å². The van der Waals surface area contributed by atoms with Crippen LogP contribution in [-0.2, 0) is 37.0 Å². The fourth-order valence-corrected chi connectivity index (χ4v) is 5.98. The van der Waals surface area contributed by atoms with Gasteiger partial charge < -0.3 is 28.9 Å². The number of ether oxygens (including phenoxy) is 1. The van der Waals surface area contributed by atoms with Crippen LogP contribution in [-0.4, -0.2) is 104 Å². The predicted octanol–water partition coefficient (Wildman–Crippen LogP) is 3.62. The highest BCUT2D eigenvalue weighted by molar-refractivity contribution is 5.82. The minimum Gasteiger partial charge on any atom is -0.481 e. The minimum atomic E-state index is -0.926. The molecule has 20 nitrogen and oxygen atoms in total. The molecule has 0 amide bonds. The Morgan fingerprint density at radius 2 is 1.16 bits per heavy atom. The van der Waals surface area contributed by atoms with Crippen molar-refractivity contribution >= 4 is 46.3 Å². The smallest absolute Gasteiger partial charge is 0.349 e. The Morgan fingerprint density at radius 3 is 1.56 bits per heavy atom. The molecule has 6 rings (SSSR count). The molecule has 0 unspecified atom stereocenters. The van der Waals surface area contributed by atoms with Gasteiger partial charge in [-0.3, -0.25) is 38.8 Å². The Hall–Kier alpha value is -6.96. The largest absolute Gasteiger partial charge is 0.481 e. The molecule has 0 saturated heterocycles. The van der Waals surface area contributed by atoms with Gasteiger partial charge in [0.1, 0.15) is 11.9 Å². The molecule has 2 aromatic rings. The molecule has 0 bridgehead atoms. The van der Waals surface area contributed by atoms with Gasteiger partial charge >= 0.3 is 29.3 Å². The summed E-state index contributed by atoms with van der Waals surface area (Å²) in [7, 11) is 1.69. The van der Waals surface area contributed by atoms with Gasteiger partial charge in [0.25, 0.3) is 11.1 Å². The third-order valence-electron chi connectivity index (χ3n) is 9.15. The van der Waals surface area contributed by atoms with Crippen molar-refractivity contribution < 1.29 is 34.1 Å². The van der Waals surface area contributed by atoms with E-state index in [0.29, 0.717) is 48.8 Å². The third kappa shape index (κ3) is 14.3. The number of nitrogens with one attached hydrogen (secondary N) is 2. The zero-order valence-electron chi connectivity index (χ0n) is 37.2. The topological polar surface area (TPSA) is 282 Å². The van der Waals surface area contributed by atoms with Gasteiger partial charge in [0.2, 0.25) is 0 Å². The van der Waals surface area contributed by atoms with Crippen molar-refractivity contribution in [1.82, 2.24) is 43.9 Å². The second-order valence-electron chi connectivity index (χ2n) is 15.7. The number of aromatic amines is 2. The zero-order valence-corrected chi connectivity index (χ0v) is 37.2. The maximum absolute atomic E-state index is 12.2. The highest BCUT2D eigenvalue weighted by Gasteiger charge is 2.21. The molecule has 0 atom stereocenters. The quantitative estimate of drug-likeness (QED) is 0.0822. The van der Waals surface area contributed by atoms with Gasteiger partial charge in [-0.05, 0) is 115 Å². The molecule has 0 fully saturated rings. The van der Waals surface area contributed by atoms with Gasteiger partial charge in [-0.2, -0.15) is 9.97 Å². The van der Waals surface area contributed by atoms with Gasteiger partial charge in [-0.25, -0.2) is 19.6 Å². The van der Waals surface area contributed by atoms with E-state index in [0.717, 1.165) is 40.6 Å². The first-order chi connectivity index (χ1) is 29.5. The molecule has 2 aromatic carbocycles. The Labute approximate surface area is 361 Å². The van der Waals surface area contributed by atoms with Crippen LogP contribution in [0.2, 0.25) is 0 Å². The van der Waals surface area contributed by atoms with Crippen LogP contribution in [0.1, 0.15) is 82.6 Å². The lowest BCUT2D eigenvalue weighted by atomic mass is 10.1. The molecular formula is C43H55N9O11. The minimum absolute atomic E-state index is 0.00604. The molecular weight excluding hydrogens is 819 g/mol. The molecule has 0 spiro atoms. The summed E-state index contributed by atoms with van der Waals surface area (Å²) in [6.07, 6.45) is 3.10. The molecule has 20 heteroatoms. The number of likely N-dealkylation sites (N-methyl/N-ethyl adjacent to an activating group) is 1. The molecule has 4 N–H and O–H groups in total. The van der Waals surface area contributed by atoms with Crippen LogP contribution < -0.4 is 22.5 Å². The first-order valence-corrected chi connectivity index (χ1v) is 20.1. The average Bonchev–Trinajstić information content (AvgIpc) is 3.15. The number of carbonyl (C=O) groups excluding carboxylic acids is 2. The first kappa shape index (κ1) is 50.4. The van der Waals surface area contributed by atoms with E-state index in [4.69, 9.17) is 14.9 Å². The summed E-state index contributed by atoms with van der Waals surface area (Å²) < 4.78 is 8.32. The summed E-state index contributed by atoms with van der Waals surface area (Å²) >= 11 is 0. The van der Waals surface area contributed by atoms with Gasteiger partial charge in [-0.15, -0.1) is 0 Å². The number of hydrogen-bond acceptors (Lipinski definition) is 14. The summed E-state index contributed by atoms with van der Waals surface area (Å²) in [5.41, 5.74) is 3.84. The number of carboxylic acid groups (broad SMARTS) is 2. The number of nitrogens with zero attached hydrogens (tertiary/aromatic N) is 7. The van der Waals surface area contributed by atoms with E-state index in [1.165, 1.54) is 4.57 Å². The molecule has 4 heterocycles. The lowest BCUT2D eigenvalue weighted by Gasteiger charge is -2.20. The Balaban J connectivity index is 0.000000254. The standard InChI is InChI=1S/C17H19N5O4.C14H12N4O3.C8H16O2.C4H8O2/c1-9-6-11-12(7-10(9)2)22(5-4-21(3)8-13(23)24)15-14(18-11)16(25)20-17(26)19-15;1-7-5-9-10(6-8(7)2)18(3-4-19)12-11(15-9)13(20)17-14(21)16-12;1-5-6-7(9)10-8(2,3)4;1-2-3-4(5)6/h6-7H,4-5,8H2,1-3H3,(H,23,24)(H,20,25,26);4-6H,3H2,1-2H3,(H,17,20,21);5-6H2,1-4H3;2-3H2,1H3,(H,5,6). The second kappa shape index (κ2) is 22.2. The van der Waals surface area contributed by atoms with Crippen molar-refractivity contribution in [1.29, 1.82) is 0 Å². The lowest BCUT2D eigenvalue weighted by Crippen LogP contribution is -2.32. The summed E-state index contributed by atoms with van der Waals surface area (Å²) in [5, 5.41) is 16.8. The van der Waals surface area contributed by atoms with E-state index >= 15 is 0 Å². The van der Waals surface area contributed by atoms with Crippen molar-refractivity contribution in [2.75, 3.05) is 20.1 Å². The van der Waals surface area contributed by atoms with E-state index in [1.54, 1.807) is 16.5 Å². The number of carbonyl (C=O) groups is 4. The van der Waals surface area contributed by atoms with E-state index in [1.807, 2.05) is 86.6 Å². The maximum Gasteiger partial charge on any atom is 0.349 e. The number of H-pyrrole nitrogens is 2. The number of aliphatic carboxylic acids is 2. The molecule has 338 valence electrons. The Bertz CT molecular complexity index is 2780. The van der Waals surface area contributed by atoms with Gasteiger partial charge in [0.15, 0.2) is 23.0 Å². The molecule has 0 aliphatic carbocycles. The van der Waals surface area contributed by atoms with Crippen molar-refractivity contribution in [3.8, 4) is 23.0 Å². The molecule has 4 aliphatic rings. The van der Waals surface area contributed by atoms with Crippen LogP contribution in [0.15, 0.2) is 43.4 Å². The zero-order chi connectivity index (χ0) is 47.3. The second-order valence-corrected chi connectivity index (χ2v) is 15.7. The van der Waals surface area contributed by atoms with E-state index in [-0.39, 0.29) is 47.7 Å². The fourth-order valence-electron chi connectivity index (χ4n) is 5.98. The number of esters is 1. The van der Waals surface area contributed by atoms with Crippen LogP contribution in [0, 0.1) is 27.7 Å². The first-order valence-electron chi connectivity index (χ1n) is 20.1. The molecule has 4 aliphatic heterocycles. The van der Waals surface area contributed by atoms with Gasteiger partial charge in [0.05, 0.1) is 35.2 Å². The number of carboxylic acids is 2. The maximum atomic E-state index is 12.2. The van der Waals surface area contributed by atoms with Crippen molar-refractivity contribution in [2.45, 2.75) is 107 Å². The number of hydrogen-bond donors (Lipinski definition) is 4. The third-order valence-corrected chi connectivity index (χ3v) is 9.15. The average molecular weight is 874 g/mol. The van der Waals surface area contributed by atoms with Gasteiger partial charge in [-0.1, -0.05) is 13.8 Å². The Morgan fingerprint density at radius 1 is 0.714 bits per heavy atom. The monoisotopic (exact) mass is 873 g/mol. The van der Waals surface area contributed by atoms with E-state index in [9.17, 15) is 38.4 Å². The van der Waals surface area contributed by atoms with Gasteiger partial charge in [0, 0.05) is 25.9 Å². The van der Waals surface area contributed by atoms with Crippen molar-refractivity contribution in [2.24, 2.45) is 0 Å². The Kier molecular flexibility index (Phi) is 17.8. The number of aldehydes is 1. The van der Waals surface area contributed by atoms with Crippen LogP contribution in [0.25, 0.3) is 45.1 Å². The van der Waals surface area contributed by atoms with Crippen molar-refractivity contribution in [3.63, 3.8) is 0 Å². The van der Waals surface area contributed by atoms with Crippen molar-refractivity contribution in [3.05, 3.63) is 88.2 Å². The number of aryl methyl sites for hydroxylation is 4. The molecule has 0 aromatic heterocycles. The predicted molar refractivity (Wildman–Crippen MR) is 236 cm³/mol. The number of aromatic nitrogens is 8. The lowest BCUT2D eigenvalue weighted by molar-refractivity contribution is -0.154. The molecule has 0 saturated carbocycles. The summed E-state index contributed by atoms with van der Waals surface area (Å²) in [4.78, 5) is 112. The number of benzene rings is 2. The summed E-state index contributed by atoms with van der Waals surface area (Å²) in [5.74, 6) is -1.43. The summed E-state index contributed by atoms with van der Waals surface area (Å²) in [6.45, 7) is 17.9. The highest BCUT2D eigenvalue weighted by Crippen LogP contribution is 2.25. The van der Waals surface area contributed by atoms with Crippen LogP contribution in [0.4, 0.5) is 0 Å². The molecule has 63 heavy (non-hydrogen) atoms. The fraction of sp³-hybridized carbons (Fsp3) is 0.442. The van der Waals surface area contributed by atoms with Crippen LogP contribution >= 0.6 is 0 Å². The van der Waals surface area contributed by atoms with Crippen LogP contribution in [0.5, 0.6) is 0 Å². The van der Waals surface area contributed by atoms with Crippen LogP contribution in [0.3, 0.4) is 0 Å². The number of rotatable bonds is 11. The summed E-state index contributed by atoms with van der Waals surface area (Å²) in [6, 6.07) is 7.53. The normalized spacial score (nSPS) is 11.0.